The molecule has 78 valence electrons. The molecule has 1 amide bonds. The van der Waals surface area contributed by atoms with Gasteiger partial charge in [-0.1, -0.05) is 30.3 Å². The van der Waals surface area contributed by atoms with Crippen LogP contribution in [-0.4, -0.2) is 17.7 Å². The largest absolute Gasteiger partial charge is 0.479 e. The van der Waals surface area contributed by atoms with Gasteiger partial charge >= 0.3 is 6.09 Å². The first kappa shape index (κ1) is 9.58. The van der Waals surface area contributed by atoms with Gasteiger partial charge in [-0.05, 0) is 5.56 Å². The first-order valence-electron chi connectivity index (χ1n) is 4.62. The molecule has 0 saturated carbocycles. The van der Waals surface area contributed by atoms with E-state index in [0.717, 1.165) is 5.56 Å². The minimum absolute atomic E-state index is 0.230. The van der Waals surface area contributed by atoms with Gasteiger partial charge in [0.15, 0.2) is 6.73 Å². The first-order chi connectivity index (χ1) is 7.36. The second-order valence-corrected chi connectivity index (χ2v) is 3.09. The predicted molar refractivity (Wildman–Crippen MR) is 53.6 cm³/mol. The van der Waals surface area contributed by atoms with Crippen molar-refractivity contribution >= 4 is 6.09 Å². The molecule has 1 aliphatic heterocycles. The fourth-order valence-corrected chi connectivity index (χ4v) is 1.20. The van der Waals surface area contributed by atoms with Gasteiger partial charge in [-0.3, -0.25) is 0 Å². The zero-order chi connectivity index (χ0) is 10.5. The van der Waals surface area contributed by atoms with Gasteiger partial charge in [0.05, 0.1) is 0 Å². The second-order valence-electron chi connectivity index (χ2n) is 3.09. The van der Waals surface area contributed by atoms with Crippen LogP contribution in [0.2, 0.25) is 0 Å². The van der Waals surface area contributed by atoms with Crippen LogP contribution in [0.25, 0.3) is 0 Å². The number of benzene rings is 1. The van der Waals surface area contributed by atoms with Crippen LogP contribution >= 0.6 is 0 Å². The summed E-state index contributed by atoms with van der Waals surface area (Å²) in [7, 11) is 0. The van der Waals surface area contributed by atoms with Crippen LogP contribution in [0.4, 0.5) is 4.79 Å². The Morgan fingerprint density at radius 3 is 2.87 bits per heavy atom. The van der Waals surface area contributed by atoms with E-state index in [0.29, 0.717) is 0 Å². The van der Waals surface area contributed by atoms with Crippen LogP contribution in [0.3, 0.4) is 0 Å². The summed E-state index contributed by atoms with van der Waals surface area (Å²) in [6, 6.07) is 9.54. The molecule has 4 nitrogen and oxygen atoms in total. The molecule has 0 saturated heterocycles. The van der Waals surface area contributed by atoms with Crippen molar-refractivity contribution < 1.29 is 14.3 Å². The van der Waals surface area contributed by atoms with Gasteiger partial charge < -0.3 is 9.47 Å². The second kappa shape index (κ2) is 4.50. The summed E-state index contributed by atoms with van der Waals surface area (Å²) in [5.41, 5.74) is 0.968. The molecule has 0 bridgehead atoms. The summed E-state index contributed by atoms with van der Waals surface area (Å²) < 4.78 is 9.94. The lowest BCUT2D eigenvalue weighted by Crippen LogP contribution is -2.24. The molecule has 1 aliphatic rings. The van der Waals surface area contributed by atoms with E-state index in [4.69, 9.17) is 9.47 Å². The van der Waals surface area contributed by atoms with Crippen LogP contribution in [0, 0.1) is 0 Å². The Kier molecular flexibility index (Phi) is 2.88. The van der Waals surface area contributed by atoms with Crippen molar-refractivity contribution in [3.05, 3.63) is 48.4 Å². The highest BCUT2D eigenvalue weighted by atomic mass is 16.6. The SMILES string of the molecule is O=C(OCc1ccccc1)N1C=COC1. The summed E-state index contributed by atoms with van der Waals surface area (Å²) in [6.07, 6.45) is 2.62. The summed E-state index contributed by atoms with van der Waals surface area (Å²) in [6.45, 7) is 0.512. The number of carbonyl (C=O) groups is 1. The Bertz CT molecular complexity index is 361. The maximum atomic E-state index is 11.4. The number of nitrogens with zero attached hydrogens (tertiary/aromatic N) is 1. The predicted octanol–water partition coefficient (Wildman–Crippen LogP) is 2.08. The van der Waals surface area contributed by atoms with Gasteiger partial charge in [0.25, 0.3) is 0 Å². The zero-order valence-electron chi connectivity index (χ0n) is 8.13. The number of rotatable bonds is 2. The number of ether oxygens (including phenoxy) is 2. The highest BCUT2D eigenvalue weighted by Gasteiger charge is 2.15. The van der Waals surface area contributed by atoms with Gasteiger partial charge in [-0.15, -0.1) is 0 Å². The molecule has 4 heteroatoms. The van der Waals surface area contributed by atoms with Crippen molar-refractivity contribution in [2.24, 2.45) is 0 Å². The molecule has 0 radical (unpaired) electrons. The van der Waals surface area contributed by atoms with E-state index in [9.17, 15) is 4.79 Å². The number of carbonyl (C=O) groups excluding carboxylic acids is 1. The maximum absolute atomic E-state index is 11.4. The lowest BCUT2D eigenvalue weighted by Gasteiger charge is -2.11. The minimum atomic E-state index is -0.396. The van der Waals surface area contributed by atoms with Crippen molar-refractivity contribution in [2.75, 3.05) is 6.73 Å². The smallest absolute Gasteiger partial charge is 0.417 e. The van der Waals surface area contributed by atoms with Gasteiger partial charge in [0.1, 0.15) is 12.9 Å². The van der Waals surface area contributed by atoms with E-state index in [-0.39, 0.29) is 13.3 Å². The lowest BCUT2D eigenvalue weighted by molar-refractivity contribution is 0.0890. The summed E-state index contributed by atoms with van der Waals surface area (Å²) in [5, 5.41) is 0. The molecule has 0 fully saturated rings. The fraction of sp³-hybridized carbons (Fsp3) is 0.182. The van der Waals surface area contributed by atoms with Crippen molar-refractivity contribution in [1.82, 2.24) is 4.90 Å². The molecule has 1 heterocycles. The highest BCUT2D eigenvalue weighted by molar-refractivity contribution is 5.68. The van der Waals surface area contributed by atoms with Crippen LogP contribution in [-0.2, 0) is 16.1 Å². The van der Waals surface area contributed by atoms with Crippen LogP contribution in [0.5, 0.6) is 0 Å². The maximum Gasteiger partial charge on any atom is 0.417 e. The van der Waals surface area contributed by atoms with E-state index in [2.05, 4.69) is 0 Å². The molecule has 15 heavy (non-hydrogen) atoms. The number of hydrogen-bond donors (Lipinski definition) is 0. The van der Waals surface area contributed by atoms with Crippen molar-refractivity contribution in [2.45, 2.75) is 6.61 Å². The van der Waals surface area contributed by atoms with Gasteiger partial charge in [-0.2, -0.15) is 0 Å². The van der Waals surface area contributed by atoms with Crippen molar-refractivity contribution in [3.63, 3.8) is 0 Å². The van der Waals surface area contributed by atoms with E-state index in [1.165, 1.54) is 11.2 Å². The molecule has 0 aromatic heterocycles. The van der Waals surface area contributed by atoms with E-state index < -0.39 is 6.09 Å². The molecule has 2 rings (SSSR count). The summed E-state index contributed by atoms with van der Waals surface area (Å²) in [4.78, 5) is 12.8. The molecule has 0 N–H and O–H groups in total. The topological polar surface area (TPSA) is 38.8 Å². The highest BCUT2D eigenvalue weighted by Crippen LogP contribution is 2.06. The Morgan fingerprint density at radius 1 is 1.40 bits per heavy atom. The average molecular weight is 205 g/mol. The third-order valence-corrected chi connectivity index (χ3v) is 1.99. The van der Waals surface area contributed by atoms with E-state index in [1.54, 1.807) is 6.20 Å². The van der Waals surface area contributed by atoms with E-state index in [1.807, 2.05) is 30.3 Å². The van der Waals surface area contributed by atoms with Crippen LogP contribution in [0.15, 0.2) is 42.8 Å². The van der Waals surface area contributed by atoms with Crippen molar-refractivity contribution in [3.8, 4) is 0 Å². The quantitative estimate of drug-likeness (QED) is 0.742. The Balaban J connectivity index is 1.83. The number of amides is 1. The molecule has 0 atom stereocenters. The van der Waals surface area contributed by atoms with Gasteiger partial charge in [0, 0.05) is 6.20 Å². The zero-order valence-corrected chi connectivity index (χ0v) is 8.13. The Labute approximate surface area is 87.7 Å². The molecule has 0 spiro atoms. The molecule has 0 aliphatic carbocycles. The number of hydrogen-bond acceptors (Lipinski definition) is 3. The first-order valence-corrected chi connectivity index (χ1v) is 4.62. The molecular formula is C11H11NO3. The lowest BCUT2D eigenvalue weighted by atomic mass is 10.2. The molecule has 0 unspecified atom stereocenters. The van der Waals surface area contributed by atoms with Gasteiger partial charge in [-0.25, -0.2) is 9.69 Å². The van der Waals surface area contributed by atoms with E-state index >= 15 is 0 Å². The van der Waals surface area contributed by atoms with Crippen LogP contribution < -0.4 is 0 Å². The monoisotopic (exact) mass is 205 g/mol. The van der Waals surface area contributed by atoms with Crippen molar-refractivity contribution in [1.29, 1.82) is 0 Å². The molecule has 1 aromatic rings. The minimum Gasteiger partial charge on any atom is -0.479 e. The summed E-state index contributed by atoms with van der Waals surface area (Å²) >= 11 is 0. The Morgan fingerprint density at radius 2 is 2.20 bits per heavy atom. The average Bonchev–Trinajstić information content (AvgIpc) is 2.81. The fourth-order valence-electron chi connectivity index (χ4n) is 1.20. The Hall–Kier alpha value is -1.97. The standard InChI is InChI=1S/C11H11NO3/c13-11(12-6-7-14-9-12)15-8-10-4-2-1-3-5-10/h1-7H,8-9H2. The van der Waals surface area contributed by atoms with Gasteiger partial charge in [0.2, 0.25) is 0 Å². The summed E-state index contributed by atoms with van der Waals surface area (Å²) in [5.74, 6) is 0. The molecular weight excluding hydrogens is 194 g/mol. The molecule has 1 aromatic carbocycles. The third kappa shape index (κ3) is 2.49. The van der Waals surface area contributed by atoms with Crippen LogP contribution in [0.1, 0.15) is 5.56 Å². The normalized spacial score (nSPS) is 13.7. The third-order valence-electron chi connectivity index (χ3n) is 1.99.